The van der Waals surface area contributed by atoms with Crippen LogP contribution < -0.4 is 0 Å². The second kappa shape index (κ2) is 8.57. The van der Waals surface area contributed by atoms with Crippen molar-refractivity contribution in [2.45, 2.75) is 37.8 Å². The van der Waals surface area contributed by atoms with Crippen molar-refractivity contribution in [3.8, 4) is 11.5 Å². The number of piperidine rings is 1. The standard InChI is InChI=1S/C21H24ClN5O2/c1-3-18(15-4-6-16(22)7-5-15)27-12-8-21(28-2,9-13-27)20-25-19(26-29-20)17-14-23-10-11-24-17/h4-7,10-11,14,18H,3,8-9,12-13H2,1-2H3/t18-/m1/s1. The summed E-state index contributed by atoms with van der Waals surface area (Å²) in [4.78, 5) is 15.4. The van der Waals surface area contributed by atoms with Gasteiger partial charge < -0.3 is 9.26 Å². The lowest BCUT2D eigenvalue weighted by Gasteiger charge is -2.41. The van der Waals surface area contributed by atoms with Gasteiger partial charge >= 0.3 is 0 Å². The van der Waals surface area contributed by atoms with Crippen molar-refractivity contribution in [2.24, 2.45) is 0 Å². The molecule has 1 aliphatic rings. The number of nitrogens with zero attached hydrogens (tertiary/aromatic N) is 5. The molecule has 7 nitrogen and oxygen atoms in total. The minimum Gasteiger partial charge on any atom is -0.368 e. The summed E-state index contributed by atoms with van der Waals surface area (Å²) in [7, 11) is 1.71. The Labute approximate surface area is 175 Å². The van der Waals surface area contributed by atoms with E-state index in [1.165, 1.54) is 5.56 Å². The second-order valence-corrected chi connectivity index (χ2v) is 7.66. The van der Waals surface area contributed by atoms with Crippen molar-refractivity contribution >= 4 is 11.6 Å². The van der Waals surface area contributed by atoms with Gasteiger partial charge in [-0.2, -0.15) is 4.98 Å². The highest BCUT2D eigenvalue weighted by Gasteiger charge is 2.42. The van der Waals surface area contributed by atoms with Crippen molar-refractivity contribution in [2.75, 3.05) is 20.2 Å². The van der Waals surface area contributed by atoms with Crippen molar-refractivity contribution < 1.29 is 9.26 Å². The quantitative estimate of drug-likeness (QED) is 0.597. The lowest BCUT2D eigenvalue weighted by Crippen LogP contribution is -2.45. The number of rotatable bonds is 6. The highest BCUT2D eigenvalue weighted by Crippen LogP contribution is 2.39. The van der Waals surface area contributed by atoms with Gasteiger partial charge in [-0.25, -0.2) is 4.98 Å². The van der Waals surface area contributed by atoms with Crippen LogP contribution in [0.15, 0.2) is 47.4 Å². The van der Waals surface area contributed by atoms with Crippen LogP contribution in [0.1, 0.15) is 43.7 Å². The molecule has 1 aromatic carbocycles. The number of likely N-dealkylation sites (tertiary alicyclic amines) is 1. The van der Waals surface area contributed by atoms with E-state index in [1.807, 2.05) is 12.1 Å². The first-order valence-corrected chi connectivity index (χ1v) is 10.2. The van der Waals surface area contributed by atoms with Gasteiger partial charge in [-0.05, 0) is 37.0 Å². The van der Waals surface area contributed by atoms with E-state index in [0.29, 0.717) is 23.5 Å². The topological polar surface area (TPSA) is 77.2 Å². The minimum atomic E-state index is -0.581. The zero-order valence-corrected chi connectivity index (χ0v) is 17.3. The molecule has 3 aromatic rings. The van der Waals surface area contributed by atoms with Gasteiger partial charge in [0.2, 0.25) is 5.82 Å². The zero-order valence-electron chi connectivity index (χ0n) is 16.6. The molecule has 0 spiro atoms. The molecule has 3 heterocycles. The van der Waals surface area contributed by atoms with E-state index in [-0.39, 0.29) is 0 Å². The van der Waals surface area contributed by atoms with Crippen LogP contribution in [-0.4, -0.2) is 45.2 Å². The van der Waals surface area contributed by atoms with Crippen molar-refractivity contribution in [1.29, 1.82) is 0 Å². The van der Waals surface area contributed by atoms with E-state index in [1.54, 1.807) is 25.7 Å². The Hall–Kier alpha value is -2.35. The van der Waals surface area contributed by atoms with Crippen molar-refractivity contribution in [1.82, 2.24) is 25.0 Å². The normalized spacial score (nSPS) is 17.9. The number of halogens is 1. The number of methoxy groups -OCH3 is 1. The summed E-state index contributed by atoms with van der Waals surface area (Å²) < 4.78 is 11.5. The Morgan fingerprint density at radius 3 is 2.59 bits per heavy atom. The van der Waals surface area contributed by atoms with Gasteiger partial charge in [-0.15, -0.1) is 0 Å². The van der Waals surface area contributed by atoms with E-state index in [0.717, 1.165) is 37.4 Å². The molecular formula is C21H24ClN5O2. The van der Waals surface area contributed by atoms with Gasteiger partial charge in [-0.1, -0.05) is 35.8 Å². The Morgan fingerprint density at radius 2 is 1.97 bits per heavy atom. The number of hydrogen-bond acceptors (Lipinski definition) is 7. The van der Waals surface area contributed by atoms with Crippen LogP contribution in [0.4, 0.5) is 0 Å². The molecule has 1 atom stereocenters. The van der Waals surface area contributed by atoms with Crippen LogP contribution in [0.5, 0.6) is 0 Å². The van der Waals surface area contributed by atoms with Crippen LogP contribution in [0.2, 0.25) is 5.02 Å². The third-order valence-electron chi connectivity index (χ3n) is 5.69. The number of aromatic nitrogens is 4. The maximum absolute atomic E-state index is 6.05. The summed E-state index contributed by atoms with van der Waals surface area (Å²) in [5.74, 6) is 0.930. The predicted octanol–water partition coefficient (Wildman–Crippen LogP) is 4.27. The van der Waals surface area contributed by atoms with Crippen LogP contribution in [0.25, 0.3) is 11.5 Å². The fraction of sp³-hybridized carbons (Fsp3) is 0.429. The molecule has 2 aromatic heterocycles. The molecular weight excluding hydrogens is 390 g/mol. The van der Waals surface area contributed by atoms with Gasteiger partial charge in [0.15, 0.2) is 0 Å². The van der Waals surface area contributed by atoms with Crippen LogP contribution in [0.3, 0.4) is 0 Å². The van der Waals surface area contributed by atoms with E-state index in [2.05, 4.69) is 44.1 Å². The molecule has 0 unspecified atom stereocenters. The Morgan fingerprint density at radius 1 is 1.21 bits per heavy atom. The molecule has 1 fully saturated rings. The molecule has 8 heteroatoms. The zero-order chi connectivity index (χ0) is 20.3. The molecule has 0 N–H and O–H groups in total. The number of hydrogen-bond donors (Lipinski definition) is 0. The number of ether oxygens (including phenoxy) is 1. The molecule has 0 aliphatic carbocycles. The molecule has 152 valence electrons. The maximum Gasteiger partial charge on any atom is 0.259 e. The van der Waals surface area contributed by atoms with Crippen LogP contribution in [0, 0.1) is 0 Å². The molecule has 0 saturated carbocycles. The SMILES string of the molecule is CC[C@H](c1ccc(Cl)cc1)N1CCC(OC)(c2nc(-c3cnccn3)no2)CC1. The van der Waals surface area contributed by atoms with Gasteiger partial charge in [-0.3, -0.25) is 9.88 Å². The van der Waals surface area contributed by atoms with Gasteiger partial charge in [0.25, 0.3) is 5.89 Å². The molecule has 0 amide bonds. The number of benzene rings is 1. The Kier molecular flexibility index (Phi) is 5.89. The first kappa shape index (κ1) is 19.9. The molecule has 0 radical (unpaired) electrons. The summed E-state index contributed by atoms with van der Waals surface area (Å²) in [5, 5.41) is 4.85. The van der Waals surface area contributed by atoms with Gasteiger partial charge in [0, 0.05) is 43.7 Å². The highest BCUT2D eigenvalue weighted by molar-refractivity contribution is 6.30. The lowest BCUT2D eigenvalue weighted by molar-refractivity contribution is -0.0889. The third-order valence-corrected chi connectivity index (χ3v) is 5.94. The minimum absolute atomic E-state index is 0.347. The molecule has 0 bridgehead atoms. The first-order chi connectivity index (χ1) is 14.1. The predicted molar refractivity (Wildman–Crippen MR) is 109 cm³/mol. The second-order valence-electron chi connectivity index (χ2n) is 7.22. The van der Waals surface area contributed by atoms with Gasteiger partial charge in [0.1, 0.15) is 11.3 Å². The summed E-state index contributed by atoms with van der Waals surface area (Å²) >= 11 is 6.05. The summed E-state index contributed by atoms with van der Waals surface area (Å²) in [6.45, 7) is 3.96. The van der Waals surface area contributed by atoms with E-state index >= 15 is 0 Å². The Balaban J connectivity index is 1.50. The molecule has 4 rings (SSSR count). The smallest absolute Gasteiger partial charge is 0.259 e. The first-order valence-electron chi connectivity index (χ1n) is 9.80. The fourth-order valence-corrected chi connectivity index (χ4v) is 4.14. The molecule has 1 saturated heterocycles. The average Bonchev–Trinajstić information content (AvgIpc) is 3.28. The van der Waals surface area contributed by atoms with E-state index < -0.39 is 5.60 Å². The fourth-order valence-electron chi connectivity index (χ4n) is 4.02. The van der Waals surface area contributed by atoms with Gasteiger partial charge in [0.05, 0.1) is 6.20 Å². The van der Waals surface area contributed by atoms with Crippen molar-refractivity contribution in [3.63, 3.8) is 0 Å². The van der Waals surface area contributed by atoms with E-state index in [9.17, 15) is 0 Å². The van der Waals surface area contributed by atoms with Crippen LogP contribution in [-0.2, 0) is 10.3 Å². The average molecular weight is 414 g/mol. The largest absolute Gasteiger partial charge is 0.368 e. The molecule has 29 heavy (non-hydrogen) atoms. The van der Waals surface area contributed by atoms with Crippen molar-refractivity contribution in [3.05, 3.63) is 59.3 Å². The molecule has 1 aliphatic heterocycles. The third kappa shape index (κ3) is 4.03. The maximum atomic E-state index is 6.05. The van der Waals surface area contributed by atoms with Crippen LogP contribution >= 0.6 is 11.6 Å². The lowest BCUT2D eigenvalue weighted by atomic mass is 9.89. The Bertz CT molecular complexity index is 924. The van der Waals surface area contributed by atoms with E-state index in [4.69, 9.17) is 20.9 Å². The summed E-state index contributed by atoms with van der Waals surface area (Å²) in [5.41, 5.74) is 1.28. The summed E-state index contributed by atoms with van der Waals surface area (Å²) in [6, 6.07) is 8.48. The highest BCUT2D eigenvalue weighted by atomic mass is 35.5. The monoisotopic (exact) mass is 413 g/mol. The summed E-state index contributed by atoms with van der Waals surface area (Å²) in [6.07, 6.45) is 7.42.